The van der Waals surface area contributed by atoms with Crippen molar-refractivity contribution in [1.82, 2.24) is 15.6 Å². The molecule has 2 heterocycles. The fourth-order valence-electron chi connectivity index (χ4n) is 3.08. The number of aromatic amines is 1. The third-order valence-corrected chi connectivity index (χ3v) is 4.13. The van der Waals surface area contributed by atoms with Crippen molar-refractivity contribution in [1.29, 1.82) is 0 Å². The quantitative estimate of drug-likeness (QED) is 0.787. The molecule has 19 heavy (non-hydrogen) atoms. The Bertz CT molecular complexity index is 538. The number of para-hydroxylation sites is 1. The summed E-state index contributed by atoms with van der Waals surface area (Å²) in [6.07, 6.45) is 3.70. The summed E-state index contributed by atoms with van der Waals surface area (Å²) in [5.41, 5.74) is 4.03. The second-order valence-corrected chi connectivity index (χ2v) is 5.52. The van der Waals surface area contributed by atoms with Crippen LogP contribution in [0.3, 0.4) is 0 Å². The first-order chi connectivity index (χ1) is 9.34. The molecule has 0 amide bonds. The van der Waals surface area contributed by atoms with E-state index in [1.807, 2.05) is 0 Å². The summed E-state index contributed by atoms with van der Waals surface area (Å²) in [5.74, 6) is 0. The van der Waals surface area contributed by atoms with Gasteiger partial charge in [0.25, 0.3) is 0 Å². The Morgan fingerprint density at radius 1 is 1.32 bits per heavy atom. The smallest absolute Gasteiger partial charge is 0.0458 e. The number of hydrogen-bond acceptors (Lipinski definition) is 2. The van der Waals surface area contributed by atoms with E-state index in [0.29, 0.717) is 6.04 Å². The largest absolute Gasteiger partial charge is 0.358 e. The number of fused-ring (bicyclic) bond motifs is 1. The first-order valence-corrected chi connectivity index (χ1v) is 7.35. The van der Waals surface area contributed by atoms with E-state index in [0.717, 1.165) is 19.5 Å². The molecule has 3 rings (SSSR count). The lowest BCUT2D eigenvalue weighted by molar-refractivity contribution is 0.392. The minimum atomic E-state index is 0.652. The first-order valence-electron chi connectivity index (χ1n) is 7.35. The number of hydrogen-bond donors (Lipinski definition) is 3. The fourth-order valence-corrected chi connectivity index (χ4v) is 3.08. The minimum absolute atomic E-state index is 0.652. The van der Waals surface area contributed by atoms with E-state index in [4.69, 9.17) is 0 Å². The van der Waals surface area contributed by atoms with Gasteiger partial charge in [-0.25, -0.2) is 0 Å². The van der Waals surface area contributed by atoms with Crippen LogP contribution >= 0.6 is 0 Å². The SMILES string of the molecule is Cc1[nH]c2ccccc2c1CCNC1CCCNC1. The van der Waals surface area contributed by atoms with E-state index < -0.39 is 0 Å². The highest BCUT2D eigenvalue weighted by molar-refractivity contribution is 5.84. The van der Waals surface area contributed by atoms with E-state index in [1.54, 1.807) is 0 Å². The van der Waals surface area contributed by atoms with Crippen LogP contribution in [0.2, 0.25) is 0 Å². The van der Waals surface area contributed by atoms with Gasteiger partial charge in [-0.2, -0.15) is 0 Å². The third-order valence-electron chi connectivity index (χ3n) is 4.13. The molecule has 0 radical (unpaired) electrons. The van der Waals surface area contributed by atoms with Crippen molar-refractivity contribution in [2.45, 2.75) is 32.2 Å². The predicted molar refractivity (Wildman–Crippen MR) is 80.6 cm³/mol. The topological polar surface area (TPSA) is 39.9 Å². The van der Waals surface area contributed by atoms with Crippen LogP contribution in [0.4, 0.5) is 0 Å². The molecule has 3 heteroatoms. The summed E-state index contributed by atoms with van der Waals surface area (Å²) in [7, 11) is 0. The molecule has 1 aliphatic rings. The Morgan fingerprint density at radius 3 is 3.05 bits per heavy atom. The van der Waals surface area contributed by atoms with Crippen LogP contribution in [0.1, 0.15) is 24.1 Å². The molecule has 1 aromatic heterocycles. The minimum Gasteiger partial charge on any atom is -0.358 e. The lowest BCUT2D eigenvalue weighted by atomic mass is 10.1. The number of nitrogens with one attached hydrogen (secondary N) is 3. The first kappa shape index (κ1) is 12.7. The van der Waals surface area contributed by atoms with Gasteiger partial charge in [0.1, 0.15) is 0 Å². The normalized spacial score (nSPS) is 19.9. The van der Waals surface area contributed by atoms with Gasteiger partial charge in [0, 0.05) is 29.2 Å². The molecule has 1 aliphatic heterocycles. The Kier molecular flexibility index (Phi) is 3.85. The molecule has 3 nitrogen and oxygen atoms in total. The predicted octanol–water partition coefficient (Wildman–Crippen LogP) is 2.36. The third kappa shape index (κ3) is 2.82. The molecule has 0 saturated carbocycles. The maximum Gasteiger partial charge on any atom is 0.0458 e. The lowest BCUT2D eigenvalue weighted by Gasteiger charge is -2.23. The van der Waals surface area contributed by atoms with Gasteiger partial charge < -0.3 is 15.6 Å². The van der Waals surface area contributed by atoms with Crippen LogP contribution in [-0.2, 0) is 6.42 Å². The summed E-state index contributed by atoms with van der Waals surface area (Å²) in [6, 6.07) is 9.24. The van der Waals surface area contributed by atoms with Crippen molar-refractivity contribution in [3.05, 3.63) is 35.5 Å². The van der Waals surface area contributed by atoms with Crippen LogP contribution in [0, 0.1) is 6.92 Å². The van der Waals surface area contributed by atoms with E-state index in [1.165, 1.54) is 41.5 Å². The van der Waals surface area contributed by atoms with Gasteiger partial charge in [-0.1, -0.05) is 18.2 Å². The molecule has 0 spiro atoms. The molecule has 2 aromatic rings. The van der Waals surface area contributed by atoms with Crippen molar-refractivity contribution < 1.29 is 0 Å². The van der Waals surface area contributed by atoms with Gasteiger partial charge in [-0.05, 0) is 50.9 Å². The number of aryl methyl sites for hydroxylation is 1. The van der Waals surface area contributed by atoms with Gasteiger partial charge in [0.2, 0.25) is 0 Å². The van der Waals surface area contributed by atoms with E-state index >= 15 is 0 Å². The van der Waals surface area contributed by atoms with Crippen LogP contribution in [0.5, 0.6) is 0 Å². The van der Waals surface area contributed by atoms with Crippen molar-refractivity contribution in [3.63, 3.8) is 0 Å². The number of benzene rings is 1. The Morgan fingerprint density at radius 2 is 2.21 bits per heavy atom. The lowest BCUT2D eigenvalue weighted by Crippen LogP contribution is -2.43. The molecule has 3 N–H and O–H groups in total. The van der Waals surface area contributed by atoms with Crippen LogP contribution in [0.25, 0.3) is 10.9 Å². The van der Waals surface area contributed by atoms with Gasteiger partial charge in [-0.15, -0.1) is 0 Å². The van der Waals surface area contributed by atoms with E-state index in [-0.39, 0.29) is 0 Å². The molecular weight excluding hydrogens is 234 g/mol. The Hall–Kier alpha value is -1.32. The average molecular weight is 257 g/mol. The Balaban J connectivity index is 1.63. The van der Waals surface area contributed by atoms with Gasteiger partial charge in [-0.3, -0.25) is 0 Å². The van der Waals surface area contributed by atoms with Crippen molar-refractivity contribution in [2.24, 2.45) is 0 Å². The highest BCUT2D eigenvalue weighted by atomic mass is 15.0. The van der Waals surface area contributed by atoms with Gasteiger partial charge in [0.05, 0.1) is 0 Å². The zero-order chi connectivity index (χ0) is 13.1. The van der Waals surface area contributed by atoms with Crippen LogP contribution in [0.15, 0.2) is 24.3 Å². The highest BCUT2D eigenvalue weighted by Gasteiger charge is 2.12. The molecule has 1 aromatic carbocycles. The van der Waals surface area contributed by atoms with Crippen LogP contribution < -0.4 is 10.6 Å². The molecule has 1 saturated heterocycles. The second kappa shape index (κ2) is 5.76. The summed E-state index contributed by atoms with van der Waals surface area (Å²) < 4.78 is 0. The maximum absolute atomic E-state index is 3.68. The van der Waals surface area contributed by atoms with E-state index in [2.05, 4.69) is 46.8 Å². The molecule has 102 valence electrons. The number of H-pyrrole nitrogens is 1. The highest BCUT2D eigenvalue weighted by Crippen LogP contribution is 2.21. The summed E-state index contributed by atoms with van der Waals surface area (Å²) in [4.78, 5) is 3.48. The van der Waals surface area contributed by atoms with E-state index in [9.17, 15) is 0 Å². The van der Waals surface area contributed by atoms with Crippen LogP contribution in [-0.4, -0.2) is 30.7 Å². The molecule has 1 unspecified atom stereocenters. The monoisotopic (exact) mass is 257 g/mol. The summed E-state index contributed by atoms with van der Waals surface area (Å²) >= 11 is 0. The zero-order valence-corrected chi connectivity index (χ0v) is 11.6. The molecular formula is C16H23N3. The Labute approximate surface area is 114 Å². The van der Waals surface area contributed by atoms with Gasteiger partial charge >= 0.3 is 0 Å². The molecule has 0 aliphatic carbocycles. The molecule has 1 fully saturated rings. The number of piperidine rings is 1. The molecule has 1 atom stereocenters. The van der Waals surface area contributed by atoms with Crippen molar-refractivity contribution in [3.8, 4) is 0 Å². The summed E-state index contributed by atoms with van der Waals surface area (Å²) in [5, 5.41) is 8.50. The maximum atomic E-state index is 3.68. The van der Waals surface area contributed by atoms with Crippen molar-refractivity contribution in [2.75, 3.05) is 19.6 Å². The molecule has 0 bridgehead atoms. The summed E-state index contributed by atoms with van der Waals surface area (Å²) in [6.45, 7) is 5.54. The van der Waals surface area contributed by atoms with Crippen molar-refractivity contribution >= 4 is 10.9 Å². The average Bonchev–Trinajstić information content (AvgIpc) is 2.76. The number of rotatable bonds is 4. The zero-order valence-electron chi connectivity index (χ0n) is 11.6. The van der Waals surface area contributed by atoms with Gasteiger partial charge in [0.15, 0.2) is 0 Å². The standard InChI is InChI=1S/C16H23N3/c1-12-14(15-6-2-3-7-16(15)19-12)8-10-18-13-5-4-9-17-11-13/h2-3,6-7,13,17-19H,4-5,8-11H2,1H3. The number of aromatic nitrogens is 1. The fraction of sp³-hybridized carbons (Fsp3) is 0.500. The second-order valence-electron chi connectivity index (χ2n) is 5.52.